The van der Waals surface area contributed by atoms with Crippen LogP contribution in [0.25, 0.3) is 0 Å². The Morgan fingerprint density at radius 3 is 2.82 bits per heavy atom. The van der Waals surface area contributed by atoms with E-state index < -0.39 is 0 Å². The molecule has 1 heterocycles. The van der Waals surface area contributed by atoms with Gasteiger partial charge in [0, 0.05) is 17.5 Å². The van der Waals surface area contributed by atoms with E-state index in [-0.39, 0.29) is 11.5 Å². The lowest BCUT2D eigenvalue weighted by molar-refractivity contribution is 0.116. The van der Waals surface area contributed by atoms with E-state index in [1.54, 1.807) is 13.3 Å². The number of methoxy groups -OCH3 is 1. The van der Waals surface area contributed by atoms with Gasteiger partial charge in [-0.2, -0.15) is 4.98 Å². The summed E-state index contributed by atoms with van der Waals surface area (Å²) < 4.78 is 5.87. The third kappa shape index (κ3) is 2.24. The van der Waals surface area contributed by atoms with Crippen molar-refractivity contribution in [1.82, 2.24) is 9.97 Å². The quantitative estimate of drug-likeness (QED) is 0.890. The number of halogens is 1. The van der Waals surface area contributed by atoms with E-state index in [9.17, 15) is 0 Å². The highest BCUT2D eigenvalue weighted by atomic mass is 79.9. The van der Waals surface area contributed by atoms with Crippen LogP contribution in [0.2, 0.25) is 0 Å². The summed E-state index contributed by atoms with van der Waals surface area (Å²) in [7, 11) is 1.58. The van der Waals surface area contributed by atoms with Gasteiger partial charge in [-0.05, 0) is 22.4 Å². The Balaban J connectivity index is 2.10. The van der Waals surface area contributed by atoms with Gasteiger partial charge in [-0.1, -0.05) is 13.8 Å². The Morgan fingerprint density at radius 2 is 2.29 bits per heavy atom. The fourth-order valence-corrected chi connectivity index (χ4v) is 2.28. The fourth-order valence-electron chi connectivity index (χ4n) is 1.92. The van der Waals surface area contributed by atoms with Crippen LogP contribution in [0.5, 0.6) is 5.88 Å². The zero-order valence-electron chi connectivity index (χ0n) is 10.2. The minimum absolute atomic E-state index is 0.0731. The lowest BCUT2D eigenvalue weighted by atomic mass is 9.63. The van der Waals surface area contributed by atoms with Crippen LogP contribution in [0.4, 0.5) is 5.95 Å². The average Bonchev–Trinajstić information content (AvgIpc) is 2.31. The van der Waals surface area contributed by atoms with E-state index in [1.807, 2.05) is 0 Å². The number of hydrogen-bond acceptors (Lipinski definition) is 5. The second kappa shape index (κ2) is 4.42. The van der Waals surface area contributed by atoms with Crippen molar-refractivity contribution >= 4 is 21.9 Å². The Kier molecular flexibility index (Phi) is 3.27. The van der Waals surface area contributed by atoms with Gasteiger partial charge in [-0.3, -0.25) is 0 Å². The molecule has 1 aliphatic carbocycles. The third-order valence-corrected chi connectivity index (χ3v) is 4.10. The lowest BCUT2D eigenvalue weighted by Crippen LogP contribution is -2.61. The molecule has 1 aromatic rings. The molecule has 0 aromatic carbocycles. The van der Waals surface area contributed by atoms with Crippen molar-refractivity contribution in [2.45, 2.75) is 32.4 Å². The van der Waals surface area contributed by atoms with Crippen LogP contribution in [0.15, 0.2) is 10.7 Å². The van der Waals surface area contributed by atoms with Gasteiger partial charge >= 0.3 is 0 Å². The molecular formula is C11H17BrN4O. The fraction of sp³-hybridized carbons (Fsp3) is 0.636. The number of nitrogens with two attached hydrogens (primary N) is 1. The molecule has 17 heavy (non-hydrogen) atoms. The second-order valence-electron chi connectivity index (χ2n) is 4.91. The van der Waals surface area contributed by atoms with Gasteiger partial charge < -0.3 is 15.8 Å². The number of rotatable bonds is 3. The molecule has 2 atom stereocenters. The predicted octanol–water partition coefficient (Wildman–Crippen LogP) is 1.79. The van der Waals surface area contributed by atoms with Crippen molar-refractivity contribution in [3.05, 3.63) is 10.7 Å². The smallest absolute Gasteiger partial charge is 0.232 e. The standard InChI is InChI=1S/C11H17BrN4O/c1-11(2)7(13)4-8(11)15-10-14-5-6(12)9(16-10)17-3/h5,7-8H,4,13H2,1-3H3,(H,14,15,16). The van der Waals surface area contributed by atoms with E-state index in [0.29, 0.717) is 17.9 Å². The molecule has 1 saturated carbocycles. The van der Waals surface area contributed by atoms with Crippen LogP contribution in [-0.2, 0) is 0 Å². The minimum atomic E-state index is 0.0731. The molecule has 1 aliphatic rings. The molecule has 94 valence electrons. The molecule has 2 unspecified atom stereocenters. The van der Waals surface area contributed by atoms with Crippen LogP contribution >= 0.6 is 15.9 Å². The summed E-state index contributed by atoms with van der Waals surface area (Å²) in [5.41, 5.74) is 6.04. The Morgan fingerprint density at radius 1 is 1.59 bits per heavy atom. The van der Waals surface area contributed by atoms with Crippen LogP contribution < -0.4 is 15.8 Å². The van der Waals surface area contributed by atoms with Crippen molar-refractivity contribution in [2.24, 2.45) is 11.1 Å². The molecule has 0 bridgehead atoms. The molecule has 6 heteroatoms. The highest BCUT2D eigenvalue weighted by Gasteiger charge is 2.46. The SMILES string of the molecule is COc1nc(NC2CC(N)C2(C)C)ncc1Br. The predicted molar refractivity (Wildman–Crippen MR) is 70.1 cm³/mol. The van der Waals surface area contributed by atoms with Crippen LogP contribution in [-0.4, -0.2) is 29.2 Å². The summed E-state index contributed by atoms with van der Waals surface area (Å²) in [4.78, 5) is 8.48. The zero-order chi connectivity index (χ0) is 12.6. The van der Waals surface area contributed by atoms with Crippen LogP contribution in [0.3, 0.4) is 0 Å². The second-order valence-corrected chi connectivity index (χ2v) is 5.77. The van der Waals surface area contributed by atoms with E-state index in [0.717, 1.165) is 10.9 Å². The van der Waals surface area contributed by atoms with E-state index >= 15 is 0 Å². The maximum Gasteiger partial charge on any atom is 0.232 e. The van der Waals surface area contributed by atoms with Gasteiger partial charge in [0.2, 0.25) is 11.8 Å². The Hall–Kier alpha value is -0.880. The van der Waals surface area contributed by atoms with E-state index in [4.69, 9.17) is 10.5 Å². The van der Waals surface area contributed by atoms with Crippen molar-refractivity contribution < 1.29 is 4.74 Å². The third-order valence-electron chi connectivity index (χ3n) is 3.55. The molecule has 0 amide bonds. The van der Waals surface area contributed by atoms with Crippen molar-refractivity contribution in [2.75, 3.05) is 12.4 Å². The molecule has 5 nitrogen and oxygen atoms in total. The highest BCUT2D eigenvalue weighted by Crippen LogP contribution is 2.40. The first kappa shape index (κ1) is 12.6. The number of hydrogen-bond donors (Lipinski definition) is 2. The Bertz CT molecular complexity index is 424. The van der Waals surface area contributed by atoms with E-state index in [1.165, 1.54) is 0 Å². The molecule has 0 radical (unpaired) electrons. The first-order valence-corrected chi connectivity index (χ1v) is 6.33. The number of aromatic nitrogens is 2. The average molecular weight is 301 g/mol. The molecular weight excluding hydrogens is 284 g/mol. The number of nitrogens with zero attached hydrogens (tertiary/aromatic N) is 2. The first-order valence-electron chi connectivity index (χ1n) is 5.53. The maximum absolute atomic E-state index is 5.97. The topological polar surface area (TPSA) is 73.1 Å². The summed E-state index contributed by atoms with van der Waals surface area (Å²) >= 11 is 3.32. The molecule has 1 aromatic heterocycles. The highest BCUT2D eigenvalue weighted by molar-refractivity contribution is 9.10. The molecule has 0 saturated heterocycles. The molecule has 0 spiro atoms. The molecule has 3 N–H and O–H groups in total. The van der Waals surface area contributed by atoms with Gasteiger partial charge in [0.15, 0.2) is 0 Å². The van der Waals surface area contributed by atoms with Gasteiger partial charge in [-0.25, -0.2) is 4.98 Å². The van der Waals surface area contributed by atoms with E-state index in [2.05, 4.69) is 45.1 Å². The lowest BCUT2D eigenvalue weighted by Gasteiger charge is -2.50. The number of ether oxygens (including phenoxy) is 1. The summed E-state index contributed by atoms with van der Waals surface area (Å²) in [6, 6.07) is 0.542. The van der Waals surface area contributed by atoms with Gasteiger partial charge in [0.05, 0.1) is 17.8 Å². The minimum Gasteiger partial charge on any atom is -0.480 e. The number of nitrogens with one attached hydrogen (secondary N) is 1. The molecule has 2 rings (SSSR count). The van der Waals surface area contributed by atoms with Crippen molar-refractivity contribution in [1.29, 1.82) is 0 Å². The van der Waals surface area contributed by atoms with Crippen molar-refractivity contribution in [3.8, 4) is 5.88 Å². The summed E-state index contributed by atoms with van der Waals surface area (Å²) in [6.45, 7) is 4.30. The summed E-state index contributed by atoms with van der Waals surface area (Å²) in [5, 5.41) is 3.30. The van der Waals surface area contributed by atoms with Crippen LogP contribution in [0, 0.1) is 5.41 Å². The Labute approximate surface area is 109 Å². The largest absolute Gasteiger partial charge is 0.480 e. The normalized spacial score (nSPS) is 26.2. The number of anilines is 1. The van der Waals surface area contributed by atoms with Gasteiger partial charge in [0.1, 0.15) is 0 Å². The zero-order valence-corrected chi connectivity index (χ0v) is 11.8. The van der Waals surface area contributed by atoms with Crippen LogP contribution in [0.1, 0.15) is 20.3 Å². The summed E-state index contributed by atoms with van der Waals surface area (Å²) in [6.07, 6.45) is 2.62. The van der Waals surface area contributed by atoms with Gasteiger partial charge in [-0.15, -0.1) is 0 Å². The van der Waals surface area contributed by atoms with Crippen molar-refractivity contribution in [3.63, 3.8) is 0 Å². The monoisotopic (exact) mass is 300 g/mol. The maximum atomic E-state index is 5.97. The first-order chi connectivity index (χ1) is 7.95. The molecule has 0 aliphatic heterocycles. The van der Waals surface area contributed by atoms with Gasteiger partial charge in [0.25, 0.3) is 0 Å². The summed E-state index contributed by atoms with van der Waals surface area (Å²) in [5.74, 6) is 1.11. The molecule has 1 fully saturated rings.